The van der Waals surface area contributed by atoms with Crippen molar-refractivity contribution in [2.24, 2.45) is 11.8 Å². The molecule has 0 spiro atoms. The lowest BCUT2D eigenvalue weighted by Gasteiger charge is -2.14. The first kappa shape index (κ1) is 10.5. The van der Waals surface area contributed by atoms with E-state index >= 15 is 0 Å². The van der Waals surface area contributed by atoms with Gasteiger partial charge in [0.15, 0.2) is 0 Å². The summed E-state index contributed by atoms with van der Waals surface area (Å²) in [4.78, 5) is 0. The minimum Gasteiger partial charge on any atom is -0.0987 e. The van der Waals surface area contributed by atoms with Crippen LogP contribution in [0.3, 0.4) is 0 Å². The summed E-state index contributed by atoms with van der Waals surface area (Å²) in [5.74, 6) is 1.96. The number of hydrogen-bond acceptors (Lipinski definition) is 0. The first-order chi connectivity index (χ1) is 4.70. The Balaban J connectivity index is 0. The van der Waals surface area contributed by atoms with Crippen LogP contribution in [0.1, 0.15) is 41.5 Å². The van der Waals surface area contributed by atoms with E-state index in [2.05, 4.69) is 20.8 Å². The van der Waals surface area contributed by atoms with E-state index in [0.29, 0.717) is 0 Å². The van der Waals surface area contributed by atoms with Crippen LogP contribution in [-0.2, 0) is 0 Å². The second-order valence-corrected chi connectivity index (χ2v) is 4.46. The van der Waals surface area contributed by atoms with Crippen molar-refractivity contribution in [1.29, 1.82) is 0 Å². The van der Waals surface area contributed by atoms with Gasteiger partial charge in [-0.15, -0.1) is 0 Å². The van der Waals surface area contributed by atoms with Crippen molar-refractivity contribution in [3.63, 3.8) is 0 Å². The number of hydrogen-bond donors (Lipinski definition) is 0. The molecule has 0 aliphatic rings. The maximum Gasteiger partial charge on any atom is 0.212 e. The number of rotatable bonds is 5. The molecule has 0 aliphatic carbocycles. The highest BCUT2D eigenvalue weighted by atomic mass is 27.0. The summed E-state index contributed by atoms with van der Waals surface area (Å²) < 4.78 is 0. The van der Waals surface area contributed by atoms with Gasteiger partial charge in [0.2, 0.25) is 16.3 Å². The van der Waals surface area contributed by atoms with Gasteiger partial charge in [-0.05, 0) is 12.3 Å². The lowest BCUT2D eigenvalue weighted by molar-refractivity contribution is 0.412. The topological polar surface area (TPSA) is 0 Å². The van der Waals surface area contributed by atoms with Gasteiger partial charge in [-0.25, -0.2) is 0 Å². The summed E-state index contributed by atoms with van der Waals surface area (Å²) >= 11 is 1.38. The first-order valence-corrected chi connectivity index (χ1v) is 6.12. The molecule has 10 heavy (non-hydrogen) atoms. The Labute approximate surface area is 75.3 Å². The minimum absolute atomic E-state index is 0. The second-order valence-electron chi connectivity index (χ2n) is 3.64. The van der Waals surface area contributed by atoms with E-state index in [0.717, 1.165) is 11.8 Å². The average molecular weight is 158 g/mol. The fourth-order valence-electron chi connectivity index (χ4n) is 1.46. The zero-order valence-electron chi connectivity index (χ0n) is 7.98. The van der Waals surface area contributed by atoms with Crippen LogP contribution in [0, 0.1) is 11.8 Å². The van der Waals surface area contributed by atoms with Crippen molar-refractivity contribution in [2.45, 2.75) is 45.3 Å². The predicted octanol–water partition coefficient (Wildman–Crippen LogP) is 2.75. The molecule has 0 saturated heterocycles. The van der Waals surface area contributed by atoms with E-state index < -0.39 is 0 Å². The molecule has 0 nitrogen and oxygen atoms in total. The Morgan fingerprint density at radius 1 is 1.30 bits per heavy atom. The van der Waals surface area contributed by atoms with Gasteiger partial charge in [-0.1, -0.05) is 44.8 Å². The van der Waals surface area contributed by atoms with Gasteiger partial charge >= 0.3 is 0 Å². The summed E-state index contributed by atoms with van der Waals surface area (Å²) in [6.07, 6.45) is 4.23. The monoisotopic (exact) mass is 158 g/mol. The van der Waals surface area contributed by atoms with E-state index in [-0.39, 0.29) is 1.43 Å². The Morgan fingerprint density at radius 2 is 1.90 bits per heavy atom. The molecular weight excluding hydrogens is 135 g/mol. The van der Waals surface area contributed by atoms with E-state index in [1.807, 2.05) is 0 Å². The molecule has 0 aliphatic heterocycles. The van der Waals surface area contributed by atoms with Crippen molar-refractivity contribution < 1.29 is 1.43 Å². The van der Waals surface area contributed by atoms with Crippen LogP contribution in [0.5, 0.6) is 0 Å². The molecule has 2 unspecified atom stereocenters. The molecule has 1 heteroatoms. The van der Waals surface area contributed by atoms with E-state index in [1.54, 1.807) is 0 Å². The molecule has 0 amide bonds. The van der Waals surface area contributed by atoms with Gasteiger partial charge in [0, 0.05) is 1.43 Å². The highest BCUT2D eigenvalue weighted by Gasteiger charge is 2.04. The van der Waals surface area contributed by atoms with Crippen LogP contribution in [0.2, 0.25) is 5.28 Å². The highest BCUT2D eigenvalue weighted by Crippen LogP contribution is 2.17. The average Bonchev–Trinajstić information content (AvgIpc) is 1.88. The molecule has 0 saturated carbocycles. The molecule has 62 valence electrons. The van der Waals surface area contributed by atoms with Crippen LogP contribution >= 0.6 is 0 Å². The minimum atomic E-state index is 0. The van der Waals surface area contributed by atoms with Crippen molar-refractivity contribution >= 4 is 16.3 Å². The lowest BCUT2D eigenvalue weighted by atomic mass is 9.95. The SMILES string of the molecule is CCCC(C)CC(C)[CH2][AlH2].[HH]. The molecule has 0 heterocycles. The van der Waals surface area contributed by atoms with Crippen LogP contribution in [-0.4, -0.2) is 16.3 Å². The fourth-order valence-corrected chi connectivity index (χ4v) is 1.80. The Morgan fingerprint density at radius 3 is 2.30 bits per heavy atom. The highest BCUT2D eigenvalue weighted by molar-refractivity contribution is 6.08. The summed E-state index contributed by atoms with van der Waals surface area (Å²) in [7, 11) is 0. The fraction of sp³-hybridized carbons (Fsp3) is 1.00. The Bertz CT molecular complexity index is 76.0. The van der Waals surface area contributed by atoms with E-state index in [9.17, 15) is 0 Å². The second kappa shape index (κ2) is 6.26. The summed E-state index contributed by atoms with van der Waals surface area (Å²) in [6.45, 7) is 7.05. The molecule has 0 bridgehead atoms. The molecule has 2 atom stereocenters. The molecule has 0 N–H and O–H groups in total. The standard InChI is InChI=1S/C9H19.Al.H2.2H/c1-5-6-9(4)7-8(2)3;;;;/h8-9H,2,5-7H2,1,3-4H3;;1H;;. The molecule has 0 radical (unpaired) electrons. The van der Waals surface area contributed by atoms with Gasteiger partial charge in [0.1, 0.15) is 0 Å². The van der Waals surface area contributed by atoms with Crippen molar-refractivity contribution in [3.8, 4) is 0 Å². The van der Waals surface area contributed by atoms with Gasteiger partial charge in [-0.2, -0.15) is 0 Å². The van der Waals surface area contributed by atoms with Crippen LogP contribution in [0.15, 0.2) is 0 Å². The molecule has 0 fully saturated rings. The smallest absolute Gasteiger partial charge is 0.0987 e. The Hall–Kier alpha value is 0.532. The van der Waals surface area contributed by atoms with Gasteiger partial charge in [0.25, 0.3) is 0 Å². The van der Waals surface area contributed by atoms with E-state index in [1.165, 1.54) is 40.8 Å². The molecule has 0 aromatic heterocycles. The zero-order valence-corrected chi connectivity index (χ0v) is 9.98. The van der Waals surface area contributed by atoms with Crippen LogP contribution in [0.4, 0.5) is 0 Å². The van der Waals surface area contributed by atoms with Crippen molar-refractivity contribution in [1.82, 2.24) is 0 Å². The largest absolute Gasteiger partial charge is 0.212 e. The maximum absolute atomic E-state index is 2.39. The quantitative estimate of drug-likeness (QED) is 0.540. The zero-order chi connectivity index (χ0) is 7.98. The molecule has 0 rings (SSSR count). The molecule has 0 aromatic carbocycles. The first-order valence-electron chi connectivity index (χ1n) is 4.70. The normalized spacial score (nSPS) is 16.7. The molecular formula is C9H23Al. The summed E-state index contributed by atoms with van der Waals surface area (Å²) in [5, 5.41) is 1.48. The third kappa shape index (κ3) is 5.33. The van der Waals surface area contributed by atoms with E-state index in [4.69, 9.17) is 0 Å². The van der Waals surface area contributed by atoms with Gasteiger partial charge in [0.05, 0.1) is 0 Å². The van der Waals surface area contributed by atoms with Gasteiger partial charge in [-0.3, -0.25) is 0 Å². The van der Waals surface area contributed by atoms with Crippen LogP contribution < -0.4 is 0 Å². The van der Waals surface area contributed by atoms with Gasteiger partial charge < -0.3 is 0 Å². The summed E-state index contributed by atoms with van der Waals surface area (Å²) in [6, 6.07) is 0. The molecule has 0 aromatic rings. The predicted molar refractivity (Wildman–Crippen MR) is 53.3 cm³/mol. The maximum atomic E-state index is 2.39. The Kier molecular flexibility index (Phi) is 6.59. The summed E-state index contributed by atoms with van der Waals surface area (Å²) in [5.41, 5.74) is 0. The van der Waals surface area contributed by atoms with Crippen LogP contribution in [0.25, 0.3) is 0 Å². The third-order valence-corrected chi connectivity index (χ3v) is 3.68. The lowest BCUT2D eigenvalue weighted by Crippen LogP contribution is -2.01. The van der Waals surface area contributed by atoms with Crippen molar-refractivity contribution in [2.75, 3.05) is 0 Å². The van der Waals surface area contributed by atoms with Crippen molar-refractivity contribution in [3.05, 3.63) is 0 Å². The third-order valence-electron chi connectivity index (χ3n) is 2.28.